The smallest absolute Gasteiger partial charge is 0.251 e. The summed E-state index contributed by atoms with van der Waals surface area (Å²) >= 11 is 5.91. The molecule has 9 heteroatoms. The third kappa shape index (κ3) is 5.40. The number of nitrogens with zero attached hydrogens (tertiary/aromatic N) is 1. The largest absolute Gasteiger partial charge is 0.494 e. The van der Waals surface area contributed by atoms with E-state index in [1.165, 1.54) is 32.4 Å². The van der Waals surface area contributed by atoms with Crippen LogP contribution >= 0.6 is 11.6 Å². The second-order valence-electron chi connectivity index (χ2n) is 7.82. The Morgan fingerprint density at radius 3 is 2.53 bits per heavy atom. The van der Waals surface area contributed by atoms with Gasteiger partial charge in [0.1, 0.15) is 23.4 Å². The third-order valence-electron chi connectivity index (χ3n) is 5.33. The lowest BCUT2D eigenvalue weighted by atomic mass is 10.1. The van der Waals surface area contributed by atoms with Gasteiger partial charge in [0.05, 0.1) is 31.0 Å². The fourth-order valence-corrected chi connectivity index (χ4v) is 3.51. The van der Waals surface area contributed by atoms with Gasteiger partial charge in [0, 0.05) is 17.7 Å². The summed E-state index contributed by atoms with van der Waals surface area (Å²) in [6.45, 7) is -0.0790. The topological polar surface area (TPSA) is 89.9 Å². The average molecular weight is 487 g/mol. The number of ether oxygens (including phenoxy) is 3. The van der Waals surface area contributed by atoms with E-state index in [2.05, 4.69) is 10.3 Å². The Balaban J connectivity index is 1.46. The van der Waals surface area contributed by atoms with Gasteiger partial charge in [-0.3, -0.25) is 4.79 Å². The van der Waals surface area contributed by atoms with E-state index in [-0.39, 0.29) is 23.6 Å². The number of hydrogen-bond acceptors (Lipinski definition) is 6. The minimum Gasteiger partial charge on any atom is -0.494 e. The summed E-state index contributed by atoms with van der Waals surface area (Å²) < 4.78 is 30.0. The van der Waals surface area contributed by atoms with Gasteiger partial charge in [-0.25, -0.2) is 9.37 Å². The van der Waals surface area contributed by atoms with Crippen LogP contribution < -0.4 is 19.5 Å². The molecule has 1 aliphatic rings. The van der Waals surface area contributed by atoms with Gasteiger partial charge in [-0.15, -0.1) is 0 Å². The standard InChI is InChI=1S/C25H24ClFN2O5/c1-32-22-10-8-19(29-24(22)14-3-7-18(27)17(26)11-14)20(30)13-28-25(31)15-4-9-21(23(12-15)33-2)34-16-5-6-16/h3-4,7-12,16,20,30H,5-6,13H2,1-2H3,(H,28,31). The van der Waals surface area contributed by atoms with Crippen LogP contribution in [0.25, 0.3) is 11.3 Å². The van der Waals surface area contributed by atoms with Gasteiger partial charge in [-0.1, -0.05) is 11.6 Å². The second kappa shape index (κ2) is 10.3. The average Bonchev–Trinajstić information content (AvgIpc) is 3.68. The third-order valence-corrected chi connectivity index (χ3v) is 5.62. The molecule has 1 aliphatic carbocycles. The first-order valence-corrected chi connectivity index (χ1v) is 11.1. The number of amides is 1. The van der Waals surface area contributed by atoms with Crippen molar-refractivity contribution in [1.29, 1.82) is 0 Å². The molecule has 178 valence electrons. The predicted octanol–water partition coefficient (Wildman–Crippen LogP) is 4.56. The lowest BCUT2D eigenvalue weighted by Crippen LogP contribution is -2.28. The molecule has 1 aromatic heterocycles. The molecule has 0 aliphatic heterocycles. The van der Waals surface area contributed by atoms with Gasteiger partial charge < -0.3 is 24.6 Å². The highest BCUT2D eigenvalue weighted by Crippen LogP contribution is 2.34. The van der Waals surface area contributed by atoms with Crippen molar-refractivity contribution in [3.63, 3.8) is 0 Å². The summed E-state index contributed by atoms with van der Waals surface area (Å²) in [5.41, 5.74) is 1.60. The predicted molar refractivity (Wildman–Crippen MR) is 125 cm³/mol. The summed E-state index contributed by atoms with van der Waals surface area (Å²) in [7, 11) is 3.00. The number of carbonyl (C=O) groups is 1. The van der Waals surface area contributed by atoms with Gasteiger partial charge >= 0.3 is 0 Å². The zero-order valence-electron chi connectivity index (χ0n) is 18.7. The number of aliphatic hydroxyl groups is 1. The van der Waals surface area contributed by atoms with Crippen molar-refractivity contribution >= 4 is 17.5 Å². The molecule has 3 aromatic rings. The quantitative estimate of drug-likeness (QED) is 0.461. The monoisotopic (exact) mass is 486 g/mol. The van der Waals surface area contributed by atoms with Crippen molar-refractivity contribution in [1.82, 2.24) is 10.3 Å². The first-order valence-electron chi connectivity index (χ1n) is 10.7. The lowest BCUT2D eigenvalue weighted by molar-refractivity contribution is 0.0913. The molecule has 1 saturated carbocycles. The number of rotatable bonds is 9. The summed E-state index contributed by atoms with van der Waals surface area (Å²) in [6.07, 6.45) is 1.14. The summed E-state index contributed by atoms with van der Waals surface area (Å²) in [4.78, 5) is 17.1. The number of halogens is 2. The summed E-state index contributed by atoms with van der Waals surface area (Å²) in [5, 5.41) is 13.3. The Bertz CT molecular complexity index is 1200. The molecule has 34 heavy (non-hydrogen) atoms. The van der Waals surface area contributed by atoms with Crippen molar-refractivity contribution in [2.24, 2.45) is 0 Å². The lowest BCUT2D eigenvalue weighted by Gasteiger charge is -2.15. The molecular formula is C25H24ClFN2O5. The Morgan fingerprint density at radius 1 is 1.12 bits per heavy atom. The number of hydrogen-bond donors (Lipinski definition) is 2. The minimum absolute atomic E-state index is 0.0523. The van der Waals surface area contributed by atoms with E-state index in [1.54, 1.807) is 30.3 Å². The van der Waals surface area contributed by atoms with Crippen molar-refractivity contribution in [2.75, 3.05) is 20.8 Å². The molecule has 4 rings (SSSR count). The van der Waals surface area contributed by atoms with Crippen molar-refractivity contribution in [2.45, 2.75) is 25.0 Å². The summed E-state index contributed by atoms with van der Waals surface area (Å²) in [5.74, 6) is 0.571. The SMILES string of the molecule is COc1cc(C(=O)NCC(O)c2ccc(OC)c(-c3ccc(F)c(Cl)c3)n2)ccc1OC1CC1. The van der Waals surface area contributed by atoms with E-state index in [9.17, 15) is 14.3 Å². The molecular weight excluding hydrogens is 463 g/mol. The van der Waals surface area contributed by atoms with Crippen molar-refractivity contribution < 1.29 is 28.5 Å². The van der Waals surface area contributed by atoms with E-state index in [0.717, 1.165) is 12.8 Å². The van der Waals surface area contributed by atoms with Gasteiger partial charge in [-0.2, -0.15) is 0 Å². The molecule has 1 heterocycles. The van der Waals surface area contributed by atoms with E-state index in [0.29, 0.717) is 39.8 Å². The molecule has 2 aromatic carbocycles. The van der Waals surface area contributed by atoms with E-state index in [1.807, 2.05) is 0 Å². The highest BCUT2D eigenvalue weighted by Gasteiger charge is 2.25. The molecule has 1 fully saturated rings. The maximum atomic E-state index is 13.6. The number of nitrogens with one attached hydrogen (secondary N) is 1. The first kappa shape index (κ1) is 23.8. The number of benzene rings is 2. The molecule has 1 unspecified atom stereocenters. The van der Waals surface area contributed by atoms with E-state index < -0.39 is 11.9 Å². The zero-order valence-corrected chi connectivity index (χ0v) is 19.4. The second-order valence-corrected chi connectivity index (χ2v) is 8.23. The minimum atomic E-state index is -1.09. The van der Waals surface area contributed by atoms with Crippen LogP contribution in [0.1, 0.15) is 35.0 Å². The number of pyridine rings is 1. The van der Waals surface area contributed by atoms with Gasteiger partial charge in [0.2, 0.25) is 0 Å². The van der Waals surface area contributed by atoms with E-state index >= 15 is 0 Å². The fraction of sp³-hybridized carbons (Fsp3) is 0.280. The van der Waals surface area contributed by atoms with Crippen LogP contribution in [-0.2, 0) is 0 Å². The van der Waals surface area contributed by atoms with Crippen LogP contribution in [0.4, 0.5) is 4.39 Å². The van der Waals surface area contributed by atoms with Crippen molar-refractivity contribution in [3.05, 3.63) is 70.6 Å². The van der Waals surface area contributed by atoms with Crippen LogP contribution in [-0.4, -0.2) is 42.9 Å². The highest BCUT2D eigenvalue weighted by atomic mass is 35.5. The van der Waals surface area contributed by atoms with Crippen LogP contribution in [0.15, 0.2) is 48.5 Å². The Kier molecular flexibility index (Phi) is 7.19. The van der Waals surface area contributed by atoms with E-state index in [4.69, 9.17) is 25.8 Å². The molecule has 0 saturated heterocycles. The molecule has 0 spiro atoms. The maximum Gasteiger partial charge on any atom is 0.251 e. The van der Waals surface area contributed by atoms with Crippen LogP contribution in [0.2, 0.25) is 5.02 Å². The summed E-state index contributed by atoms with van der Waals surface area (Å²) in [6, 6.07) is 12.4. The number of carbonyl (C=O) groups excluding carboxylic acids is 1. The number of aromatic nitrogens is 1. The van der Waals surface area contributed by atoms with Crippen molar-refractivity contribution in [3.8, 4) is 28.5 Å². The fourth-order valence-electron chi connectivity index (χ4n) is 3.33. The van der Waals surface area contributed by atoms with Crippen LogP contribution in [0, 0.1) is 5.82 Å². The molecule has 0 radical (unpaired) electrons. The van der Waals surface area contributed by atoms with Gasteiger partial charge in [0.15, 0.2) is 11.5 Å². The van der Waals surface area contributed by atoms with Gasteiger partial charge in [0.25, 0.3) is 5.91 Å². The Hall–Kier alpha value is -3.36. The van der Waals surface area contributed by atoms with Gasteiger partial charge in [-0.05, 0) is 61.4 Å². The normalized spacial score (nSPS) is 13.8. The zero-order chi connectivity index (χ0) is 24.2. The highest BCUT2D eigenvalue weighted by molar-refractivity contribution is 6.31. The number of methoxy groups -OCH3 is 2. The molecule has 0 bridgehead atoms. The maximum absolute atomic E-state index is 13.6. The molecule has 1 amide bonds. The Morgan fingerprint density at radius 2 is 1.85 bits per heavy atom. The molecule has 1 atom stereocenters. The number of aliphatic hydroxyl groups excluding tert-OH is 1. The Labute approximate surface area is 201 Å². The van der Waals surface area contributed by atoms with Crippen LogP contribution in [0.5, 0.6) is 17.2 Å². The molecule has 2 N–H and O–H groups in total. The first-order chi connectivity index (χ1) is 16.4. The molecule has 7 nitrogen and oxygen atoms in total. The van der Waals surface area contributed by atoms with Crippen LogP contribution in [0.3, 0.4) is 0 Å².